The van der Waals surface area contributed by atoms with Crippen LogP contribution in [0.25, 0.3) is 11.3 Å². The topological polar surface area (TPSA) is 43.8 Å². The van der Waals surface area contributed by atoms with Gasteiger partial charge in [-0.1, -0.05) is 13.0 Å². The molecule has 2 aromatic rings. The number of nitrogen functional groups attached to an aromatic ring is 1. The van der Waals surface area contributed by atoms with Gasteiger partial charge < -0.3 is 5.73 Å². The molecule has 0 saturated carbocycles. The summed E-state index contributed by atoms with van der Waals surface area (Å²) in [5, 5.41) is 3.81. The number of rotatable bonds is 3. The van der Waals surface area contributed by atoms with Crippen LogP contribution in [0.3, 0.4) is 0 Å². The molecule has 0 fully saturated rings. The predicted octanol–water partition coefficient (Wildman–Crippen LogP) is 3.09. The minimum atomic E-state index is -2.61. The Labute approximate surface area is 97.9 Å². The zero-order valence-corrected chi connectivity index (χ0v) is 9.40. The molecule has 0 amide bonds. The Balaban J connectivity index is 2.38. The van der Waals surface area contributed by atoms with Crippen molar-refractivity contribution >= 4 is 5.69 Å². The van der Waals surface area contributed by atoms with Gasteiger partial charge in [0, 0.05) is 17.4 Å². The second-order valence-electron chi connectivity index (χ2n) is 3.73. The van der Waals surface area contributed by atoms with Crippen molar-refractivity contribution < 1.29 is 8.78 Å². The lowest BCUT2D eigenvalue weighted by molar-refractivity contribution is 0.0568. The highest BCUT2D eigenvalue weighted by molar-refractivity contribution is 5.64. The van der Waals surface area contributed by atoms with Gasteiger partial charge in [-0.25, -0.2) is 4.68 Å². The molecule has 2 rings (SSSR count). The fourth-order valence-electron chi connectivity index (χ4n) is 1.67. The van der Waals surface area contributed by atoms with Crippen LogP contribution in [-0.4, -0.2) is 9.78 Å². The summed E-state index contributed by atoms with van der Waals surface area (Å²) in [5.41, 5.74) is 8.82. The third-order valence-electron chi connectivity index (χ3n) is 2.63. The Morgan fingerprint density at radius 3 is 2.71 bits per heavy atom. The highest BCUT2D eigenvalue weighted by Gasteiger charge is 2.09. The fraction of sp³-hybridized carbons (Fsp3) is 0.250. The molecule has 0 aliphatic heterocycles. The van der Waals surface area contributed by atoms with E-state index < -0.39 is 6.55 Å². The lowest BCUT2D eigenvalue weighted by Gasteiger charge is -2.05. The predicted molar refractivity (Wildman–Crippen MR) is 62.7 cm³/mol. The molecule has 0 atom stereocenters. The third-order valence-corrected chi connectivity index (χ3v) is 2.63. The first-order valence-corrected chi connectivity index (χ1v) is 5.34. The van der Waals surface area contributed by atoms with Gasteiger partial charge in [0.2, 0.25) is 0 Å². The van der Waals surface area contributed by atoms with E-state index in [1.807, 2.05) is 13.0 Å². The highest BCUT2D eigenvalue weighted by Crippen LogP contribution is 2.23. The van der Waals surface area contributed by atoms with E-state index in [0.29, 0.717) is 16.1 Å². The first kappa shape index (κ1) is 11.6. The maximum absolute atomic E-state index is 12.4. The molecule has 2 N–H and O–H groups in total. The second kappa shape index (κ2) is 4.53. The SMILES string of the molecule is CCc1cc(-c2ccn(C(F)F)n2)ccc1N. The van der Waals surface area contributed by atoms with Crippen molar-refractivity contribution in [1.82, 2.24) is 9.78 Å². The quantitative estimate of drug-likeness (QED) is 0.833. The van der Waals surface area contributed by atoms with E-state index in [1.165, 1.54) is 6.20 Å². The van der Waals surface area contributed by atoms with Crippen LogP contribution in [-0.2, 0) is 6.42 Å². The summed E-state index contributed by atoms with van der Waals surface area (Å²) in [6, 6.07) is 7.01. The molecule has 5 heteroatoms. The second-order valence-corrected chi connectivity index (χ2v) is 3.73. The van der Waals surface area contributed by atoms with Gasteiger partial charge in [-0.2, -0.15) is 13.9 Å². The van der Waals surface area contributed by atoms with Gasteiger partial charge >= 0.3 is 6.55 Å². The van der Waals surface area contributed by atoms with Crippen molar-refractivity contribution in [2.45, 2.75) is 19.9 Å². The summed E-state index contributed by atoms with van der Waals surface area (Å²) in [4.78, 5) is 0. The maximum atomic E-state index is 12.4. The summed E-state index contributed by atoms with van der Waals surface area (Å²) in [6.45, 7) is -0.615. The number of aryl methyl sites for hydroxylation is 1. The minimum absolute atomic E-state index is 0.528. The van der Waals surface area contributed by atoms with Crippen LogP contribution in [0, 0.1) is 0 Å². The van der Waals surface area contributed by atoms with Crippen LogP contribution in [0.2, 0.25) is 0 Å². The van der Waals surface area contributed by atoms with Crippen LogP contribution in [0.15, 0.2) is 30.5 Å². The number of nitrogens with two attached hydrogens (primary N) is 1. The lowest BCUT2D eigenvalue weighted by atomic mass is 10.0. The number of hydrogen-bond acceptors (Lipinski definition) is 2. The van der Waals surface area contributed by atoms with Gasteiger partial charge in [0.25, 0.3) is 0 Å². The van der Waals surface area contributed by atoms with E-state index in [1.54, 1.807) is 18.2 Å². The smallest absolute Gasteiger partial charge is 0.333 e. The number of anilines is 1. The summed E-state index contributed by atoms with van der Waals surface area (Å²) >= 11 is 0. The monoisotopic (exact) mass is 237 g/mol. The molecule has 0 unspecified atom stereocenters. The Morgan fingerprint density at radius 2 is 2.12 bits per heavy atom. The molecule has 0 radical (unpaired) electrons. The Kier molecular flexibility index (Phi) is 3.08. The van der Waals surface area contributed by atoms with E-state index in [9.17, 15) is 8.78 Å². The summed E-state index contributed by atoms with van der Waals surface area (Å²) in [6.07, 6.45) is 2.07. The fourth-order valence-corrected chi connectivity index (χ4v) is 1.67. The number of alkyl halides is 2. The van der Waals surface area contributed by atoms with Crippen molar-refractivity contribution in [3.8, 4) is 11.3 Å². The van der Waals surface area contributed by atoms with Crippen LogP contribution in [0.4, 0.5) is 14.5 Å². The summed E-state index contributed by atoms with van der Waals surface area (Å²) < 4.78 is 25.4. The molecule has 0 saturated heterocycles. The molecule has 3 nitrogen and oxygen atoms in total. The lowest BCUT2D eigenvalue weighted by Crippen LogP contribution is -1.98. The molecule has 17 heavy (non-hydrogen) atoms. The van der Waals surface area contributed by atoms with Crippen LogP contribution >= 0.6 is 0 Å². The van der Waals surface area contributed by atoms with Crippen molar-refractivity contribution in [3.63, 3.8) is 0 Å². The summed E-state index contributed by atoms with van der Waals surface area (Å²) in [5.74, 6) is 0. The Bertz CT molecular complexity index is 520. The average Bonchev–Trinajstić information content (AvgIpc) is 2.79. The number of benzene rings is 1. The zero-order chi connectivity index (χ0) is 12.4. The van der Waals surface area contributed by atoms with Crippen LogP contribution < -0.4 is 5.73 Å². The van der Waals surface area contributed by atoms with Crippen molar-refractivity contribution in [1.29, 1.82) is 0 Å². The number of hydrogen-bond donors (Lipinski definition) is 1. The molecule has 1 aromatic carbocycles. The minimum Gasteiger partial charge on any atom is -0.399 e. The van der Waals surface area contributed by atoms with Crippen molar-refractivity contribution in [2.75, 3.05) is 5.73 Å². The van der Waals surface area contributed by atoms with Crippen molar-refractivity contribution in [3.05, 3.63) is 36.0 Å². The number of halogens is 2. The van der Waals surface area contributed by atoms with Gasteiger partial charge in [0.15, 0.2) is 0 Å². The van der Waals surface area contributed by atoms with Gasteiger partial charge in [0.05, 0.1) is 5.69 Å². The van der Waals surface area contributed by atoms with Crippen LogP contribution in [0.1, 0.15) is 19.0 Å². The molecule has 0 aliphatic carbocycles. The Morgan fingerprint density at radius 1 is 1.35 bits per heavy atom. The first-order chi connectivity index (χ1) is 8.11. The molecular weight excluding hydrogens is 224 g/mol. The van der Waals surface area contributed by atoms with Gasteiger partial charge in [-0.15, -0.1) is 0 Å². The molecule has 1 heterocycles. The number of nitrogens with zero attached hydrogens (tertiary/aromatic N) is 2. The molecule has 0 bridgehead atoms. The average molecular weight is 237 g/mol. The number of aromatic nitrogens is 2. The largest absolute Gasteiger partial charge is 0.399 e. The molecule has 90 valence electrons. The maximum Gasteiger partial charge on any atom is 0.333 e. The standard InChI is InChI=1S/C12H13F2N3/c1-2-8-7-9(3-4-10(8)15)11-5-6-17(16-11)12(13)14/h3-7,12H,2,15H2,1H3. The molecule has 0 aliphatic rings. The highest BCUT2D eigenvalue weighted by atomic mass is 19.3. The summed E-state index contributed by atoms with van der Waals surface area (Å²) in [7, 11) is 0. The van der Waals surface area contributed by atoms with E-state index in [0.717, 1.165) is 17.5 Å². The molecule has 1 aromatic heterocycles. The van der Waals surface area contributed by atoms with Gasteiger partial charge in [0.1, 0.15) is 0 Å². The Hall–Kier alpha value is -1.91. The van der Waals surface area contributed by atoms with E-state index in [4.69, 9.17) is 5.73 Å². The van der Waals surface area contributed by atoms with Crippen LogP contribution in [0.5, 0.6) is 0 Å². The van der Waals surface area contributed by atoms with E-state index >= 15 is 0 Å². The molecule has 0 spiro atoms. The third kappa shape index (κ3) is 2.27. The van der Waals surface area contributed by atoms with Gasteiger partial charge in [-0.3, -0.25) is 0 Å². The molecular formula is C12H13F2N3. The van der Waals surface area contributed by atoms with E-state index in [2.05, 4.69) is 5.10 Å². The zero-order valence-electron chi connectivity index (χ0n) is 9.40. The first-order valence-electron chi connectivity index (χ1n) is 5.34. The van der Waals surface area contributed by atoms with Gasteiger partial charge in [-0.05, 0) is 30.2 Å². The van der Waals surface area contributed by atoms with Crippen molar-refractivity contribution in [2.24, 2.45) is 0 Å². The van der Waals surface area contributed by atoms with E-state index in [-0.39, 0.29) is 0 Å². The normalized spacial score (nSPS) is 11.1.